The van der Waals surface area contributed by atoms with Gasteiger partial charge >= 0.3 is 0 Å². The minimum Gasteiger partial charge on any atom is -0.388 e. The second-order valence-corrected chi connectivity index (χ2v) is 5.45. The summed E-state index contributed by atoms with van der Waals surface area (Å²) in [4.78, 5) is 0. The molecule has 1 unspecified atom stereocenters. The van der Waals surface area contributed by atoms with Crippen LogP contribution in [0.1, 0.15) is 82.8 Å². The molecule has 1 atom stereocenters. The van der Waals surface area contributed by atoms with Crippen LogP contribution in [-0.4, -0.2) is 5.11 Å². The maximum absolute atomic E-state index is 9.99. The smallest absolute Gasteiger partial charge is 0.0796 e. The van der Waals surface area contributed by atoms with Crippen molar-refractivity contribution < 1.29 is 5.11 Å². The molecule has 1 nitrogen and oxygen atoms in total. The van der Waals surface area contributed by atoms with Crippen LogP contribution in [0.5, 0.6) is 0 Å². The first-order valence-electron chi connectivity index (χ1n) is 7.99. The molecule has 0 aliphatic carbocycles. The Labute approximate surface area is 119 Å². The highest BCUT2D eigenvalue weighted by Gasteiger charge is 2.05. The molecule has 0 amide bonds. The maximum Gasteiger partial charge on any atom is 0.0796 e. The average Bonchev–Trinajstić information content (AvgIpc) is 2.46. The molecule has 1 aromatic carbocycles. The van der Waals surface area contributed by atoms with Crippen molar-refractivity contribution in [2.24, 2.45) is 0 Å². The lowest BCUT2D eigenvalue weighted by molar-refractivity contribution is 0.163. The first-order valence-corrected chi connectivity index (χ1v) is 7.99. The molecule has 0 aromatic heterocycles. The van der Waals surface area contributed by atoms with Gasteiger partial charge in [-0.15, -0.1) is 0 Å². The number of unbranched alkanes of at least 4 members (excludes halogenated alkanes) is 8. The Bertz CT molecular complexity index is 294. The lowest BCUT2D eigenvalue weighted by Gasteiger charge is -2.10. The topological polar surface area (TPSA) is 20.2 Å². The Morgan fingerprint density at radius 3 is 2.16 bits per heavy atom. The monoisotopic (exact) mass is 261 g/mol. The molecule has 0 spiro atoms. The quantitative estimate of drug-likeness (QED) is 0.526. The van der Waals surface area contributed by atoms with Crippen LogP contribution in [0.15, 0.2) is 24.3 Å². The fourth-order valence-electron chi connectivity index (χ4n) is 2.42. The third kappa shape index (κ3) is 8.05. The largest absolute Gasteiger partial charge is 0.388 e. The van der Waals surface area contributed by atoms with E-state index in [9.17, 15) is 5.11 Å². The molecule has 0 saturated heterocycles. The Kier molecular flexibility index (Phi) is 9.44. The first-order chi connectivity index (χ1) is 9.34. The highest BCUT2D eigenvalue weighted by Crippen LogP contribution is 2.19. The van der Waals surface area contributed by atoms with Crippen molar-refractivity contribution >= 4 is 0 Å². The van der Waals surface area contributed by atoms with E-state index in [0.29, 0.717) is 0 Å². The number of hydrogen-bond donors (Lipinski definition) is 1. The summed E-state index contributed by atoms with van der Waals surface area (Å²) >= 11 is 0. The summed E-state index contributed by atoms with van der Waals surface area (Å²) in [6.45, 7) is 2.26. The molecule has 0 heterocycles. The molecule has 0 aliphatic rings. The van der Waals surface area contributed by atoms with Gasteiger partial charge in [-0.3, -0.25) is 0 Å². The molecular weight excluding hydrogens is 232 g/mol. The van der Waals surface area contributed by atoms with Gasteiger partial charge in [0.1, 0.15) is 0 Å². The van der Waals surface area contributed by atoms with Crippen molar-refractivity contribution in [1.29, 1.82) is 0 Å². The summed E-state index contributed by atoms with van der Waals surface area (Å²) in [5, 5.41) is 9.99. The predicted octanol–water partition coefficient (Wildman–Crippen LogP) is 5.44. The summed E-state index contributed by atoms with van der Waals surface area (Å²) in [7, 11) is 0. The van der Waals surface area contributed by atoms with Crippen molar-refractivity contribution in [2.45, 2.75) is 77.2 Å². The SMILES string of the molecule is CCCCCCCCCCCC(O)c1[c]cccc1. The van der Waals surface area contributed by atoms with E-state index in [4.69, 9.17) is 0 Å². The molecule has 1 radical (unpaired) electrons. The molecule has 1 N–H and O–H groups in total. The van der Waals surface area contributed by atoms with E-state index >= 15 is 0 Å². The highest BCUT2D eigenvalue weighted by atomic mass is 16.3. The molecular formula is C18H29O. The molecule has 1 heteroatoms. The Hall–Kier alpha value is -0.820. The van der Waals surface area contributed by atoms with Crippen LogP contribution >= 0.6 is 0 Å². The van der Waals surface area contributed by atoms with E-state index in [1.807, 2.05) is 24.3 Å². The summed E-state index contributed by atoms with van der Waals surface area (Å²) < 4.78 is 0. The van der Waals surface area contributed by atoms with E-state index in [0.717, 1.165) is 18.4 Å². The second kappa shape index (κ2) is 11.0. The van der Waals surface area contributed by atoms with Gasteiger partial charge in [-0.25, -0.2) is 0 Å². The molecule has 107 valence electrons. The van der Waals surface area contributed by atoms with Crippen molar-refractivity contribution in [1.82, 2.24) is 0 Å². The molecule has 1 aromatic rings. The van der Waals surface area contributed by atoms with Gasteiger partial charge in [-0.05, 0) is 18.1 Å². The zero-order chi connectivity index (χ0) is 13.8. The highest BCUT2D eigenvalue weighted by molar-refractivity contribution is 5.15. The van der Waals surface area contributed by atoms with Crippen LogP contribution in [0.3, 0.4) is 0 Å². The summed E-state index contributed by atoms with van der Waals surface area (Å²) in [6, 6.07) is 10.8. The Balaban J connectivity index is 1.93. The van der Waals surface area contributed by atoms with Crippen LogP contribution in [0.25, 0.3) is 0 Å². The average molecular weight is 261 g/mol. The van der Waals surface area contributed by atoms with Crippen molar-refractivity contribution in [3.05, 3.63) is 35.9 Å². The number of rotatable bonds is 11. The summed E-state index contributed by atoms with van der Waals surface area (Å²) in [5.74, 6) is 0. The minimum absolute atomic E-state index is 0.328. The second-order valence-electron chi connectivity index (χ2n) is 5.45. The minimum atomic E-state index is -0.328. The third-order valence-corrected chi connectivity index (χ3v) is 3.67. The lowest BCUT2D eigenvalue weighted by Crippen LogP contribution is -1.97. The number of aliphatic hydroxyl groups is 1. The van der Waals surface area contributed by atoms with E-state index < -0.39 is 0 Å². The number of aliphatic hydroxyl groups excluding tert-OH is 1. The van der Waals surface area contributed by atoms with Crippen molar-refractivity contribution in [3.63, 3.8) is 0 Å². The summed E-state index contributed by atoms with van der Waals surface area (Å²) in [6.07, 6.45) is 12.5. The Morgan fingerprint density at radius 2 is 1.58 bits per heavy atom. The van der Waals surface area contributed by atoms with Crippen molar-refractivity contribution in [3.8, 4) is 0 Å². The third-order valence-electron chi connectivity index (χ3n) is 3.67. The zero-order valence-electron chi connectivity index (χ0n) is 12.4. The normalized spacial score (nSPS) is 12.5. The van der Waals surface area contributed by atoms with Crippen molar-refractivity contribution in [2.75, 3.05) is 0 Å². The first kappa shape index (κ1) is 16.2. The fraction of sp³-hybridized carbons (Fsp3) is 0.667. The van der Waals surface area contributed by atoms with Gasteiger partial charge in [0.2, 0.25) is 0 Å². The van der Waals surface area contributed by atoms with Gasteiger partial charge in [-0.1, -0.05) is 89.0 Å². The molecule has 1 rings (SSSR count). The fourth-order valence-corrected chi connectivity index (χ4v) is 2.42. The molecule has 0 bridgehead atoms. The van der Waals surface area contributed by atoms with E-state index in [2.05, 4.69) is 13.0 Å². The van der Waals surface area contributed by atoms with Crippen LogP contribution in [0.2, 0.25) is 0 Å². The van der Waals surface area contributed by atoms with Gasteiger partial charge in [-0.2, -0.15) is 0 Å². The Morgan fingerprint density at radius 1 is 0.947 bits per heavy atom. The maximum atomic E-state index is 9.99. The van der Waals surface area contributed by atoms with Crippen LogP contribution in [-0.2, 0) is 0 Å². The standard InChI is InChI=1S/C18H29O/c1-2-3-4-5-6-7-8-9-13-16-18(19)17-14-11-10-12-15-17/h10-12,14,18-19H,2-9,13,16H2,1H3. The molecule has 19 heavy (non-hydrogen) atoms. The van der Waals surface area contributed by atoms with Crippen LogP contribution < -0.4 is 0 Å². The van der Waals surface area contributed by atoms with E-state index in [1.165, 1.54) is 51.4 Å². The predicted molar refractivity (Wildman–Crippen MR) is 82.1 cm³/mol. The van der Waals surface area contributed by atoms with Gasteiger partial charge in [0.05, 0.1) is 6.10 Å². The number of benzene rings is 1. The molecule has 0 aliphatic heterocycles. The molecule has 0 saturated carbocycles. The van der Waals surface area contributed by atoms with Crippen LogP contribution in [0, 0.1) is 6.07 Å². The molecule has 0 fully saturated rings. The van der Waals surface area contributed by atoms with E-state index in [1.54, 1.807) is 0 Å². The zero-order valence-corrected chi connectivity index (χ0v) is 12.4. The lowest BCUT2D eigenvalue weighted by atomic mass is 10.0. The number of hydrogen-bond acceptors (Lipinski definition) is 1. The van der Waals surface area contributed by atoms with E-state index in [-0.39, 0.29) is 6.10 Å². The van der Waals surface area contributed by atoms with Gasteiger partial charge in [0, 0.05) is 0 Å². The van der Waals surface area contributed by atoms with Gasteiger partial charge in [0.15, 0.2) is 0 Å². The summed E-state index contributed by atoms with van der Waals surface area (Å²) in [5.41, 5.74) is 0.932. The van der Waals surface area contributed by atoms with Gasteiger partial charge < -0.3 is 5.11 Å². The van der Waals surface area contributed by atoms with Gasteiger partial charge in [0.25, 0.3) is 0 Å². The van der Waals surface area contributed by atoms with Crippen LogP contribution in [0.4, 0.5) is 0 Å².